The standard InChI is InChI=1S/C17H16N2O4/c1-17(2,16(21)22)19-14(8-7-12(10-18)15(19)20)11-5-4-6-13(9-11)23-3/h4-9H,1-3H3,(H,21,22). The maximum atomic E-state index is 12.5. The molecule has 1 aromatic heterocycles. The van der Waals surface area contributed by atoms with Crippen LogP contribution in [0.15, 0.2) is 41.2 Å². The predicted molar refractivity (Wildman–Crippen MR) is 84.4 cm³/mol. The van der Waals surface area contributed by atoms with Crippen molar-refractivity contribution in [3.63, 3.8) is 0 Å². The van der Waals surface area contributed by atoms with Gasteiger partial charge in [0, 0.05) is 5.56 Å². The summed E-state index contributed by atoms with van der Waals surface area (Å²) in [6.07, 6.45) is 0. The molecule has 6 nitrogen and oxygen atoms in total. The van der Waals surface area contributed by atoms with Crippen LogP contribution >= 0.6 is 0 Å². The Balaban J connectivity index is 2.84. The third-order valence-corrected chi connectivity index (χ3v) is 3.65. The van der Waals surface area contributed by atoms with Crippen LogP contribution in [0, 0.1) is 11.3 Å². The van der Waals surface area contributed by atoms with Crippen molar-refractivity contribution in [3.8, 4) is 23.1 Å². The number of ether oxygens (including phenoxy) is 1. The van der Waals surface area contributed by atoms with E-state index in [0.717, 1.165) is 4.57 Å². The molecular weight excluding hydrogens is 296 g/mol. The van der Waals surface area contributed by atoms with Gasteiger partial charge in [-0.1, -0.05) is 12.1 Å². The van der Waals surface area contributed by atoms with Crippen LogP contribution in [0.1, 0.15) is 19.4 Å². The van der Waals surface area contributed by atoms with E-state index in [0.29, 0.717) is 17.0 Å². The zero-order valence-electron chi connectivity index (χ0n) is 13.0. The van der Waals surface area contributed by atoms with Crippen molar-refractivity contribution in [2.75, 3.05) is 7.11 Å². The van der Waals surface area contributed by atoms with Crippen molar-refractivity contribution in [1.82, 2.24) is 4.57 Å². The highest BCUT2D eigenvalue weighted by Crippen LogP contribution is 2.27. The molecule has 1 heterocycles. The van der Waals surface area contributed by atoms with Gasteiger partial charge >= 0.3 is 5.97 Å². The summed E-state index contributed by atoms with van der Waals surface area (Å²) < 4.78 is 6.30. The highest BCUT2D eigenvalue weighted by atomic mass is 16.5. The molecule has 0 atom stereocenters. The van der Waals surface area contributed by atoms with E-state index in [-0.39, 0.29) is 5.56 Å². The fourth-order valence-corrected chi connectivity index (χ4v) is 2.28. The van der Waals surface area contributed by atoms with Gasteiger partial charge in [0.1, 0.15) is 22.9 Å². The topological polar surface area (TPSA) is 92.3 Å². The number of nitriles is 1. The average Bonchev–Trinajstić information content (AvgIpc) is 2.54. The quantitative estimate of drug-likeness (QED) is 0.934. The Hall–Kier alpha value is -3.07. The summed E-state index contributed by atoms with van der Waals surface area (Å²) in [4.78, 5) is 24.2. The molecule has 0 aliphatic carbocycles. The Kier molecular flexibility index (Phi) is 4.23. The first-order valence-electron chi connectivity index (χ1n) is 6.87. The minimum absolute atomic E-state index is 0.106. The van der Waals surface area contributed by atoms with Gasteiger partial charge in [0.2, 0.25) is 0 Å². The third-order valence-electron chi connectivity index (χ3n) is 3.65. The second-order valence-electron chi connectivity index (χ2n) is 5.48. The van der Waals surface area contributed by atoms with E-state index in [1.807, 2.05) is 0 Å². The van der Waals surface area contributed by atoms with Gasteiger partial charge in [0.15, 0.2) is 0 Å². The number of benzene rings is 1. The Morgan fingerprint density at radius 3 is 2.57 bits per heavy atom. The second kappa shape index (κ2) is 5.97. The zero-order chi connectivity index (χ0) is 17.2. The van der Waals surface area contributed by atoms with Gasteiger partial charge in [-0.15, -0.1) is 0 Å². The number of carboxylic acids is 1. The van der Waals surface area contributed by atoms with Gasteiger partial charge in [-0.05, 0) is 38.1 Å². The normalized spacial score (nSPS) is 10.9. The van der Waals surface area contributed by atoms with Gasteiger partial charge in [0.25, 0.3) is 5.56 Å². The maximum Gasteiger partial charge on any atom is 0.329 e. The Morgan fingerprint density at radius 2 is 2.00 bits per heavy atom. The van der Waals surface area contributed by atoms with E-state index in [2.05, 4.69) is 0 Å². The molecule has 0 fully saturated rings. The van der Waals surface area contributed by atoms with Crippen molar-refractivity contribution in [2.24, 2.45) is 0 Å². The lowest BCUT2D eigenvalue weighted by atomic mass is 10.0. The number of carboxylic acid groups (broad SMARTS) is 1. The van der Waals surface area contributed by atoms with Crippen LogP contribution in [-0.4, -0.2) is 22.8 Å². The number of methoxy groups -OCH3 is 1. The van der Waals surface area contributed by atoms with Crippen molar-refractivity contribution in [2.45, 2.75) is 19.4 Å². The summed E-state index contributed by atoms with van der Waals surface area (Å²) in [5.41, 5.74) is -1.23. The Bertz CT molecular complexity index is 860. The lowest BCUT2D eigenvalue weighted by Crippen LogP contribution is -2.44. The molecule has 118 valence electrons. The lowest BCUT2D eigenvalue weighted by molar-refractivity contribution is -0.145. The monoisotopic (exact) mass is 312 g/mol. The van der Waals surface area contributed by atoms with Crippen LogP contribution in [0.5, 0.6) is 5.75 Å². The highest BCUT2D eigenvalue weighted by molar-refractivity contribution is 5.77. The number of pyridine rings is 1. The van der Waals surface area contributed by atoms with Crippen LogP contribution in [0.4, 0.5) is 0 Å². The van der Waals surface area contributed by atoms with Crippen molar-refractivity contribution >= 4 is 5.97 Å². The number of aromatic nitrogens is 1. The van der Waals surface area contributed by atoms with Gasteiger partial charge in [-0.3, -0.25) is 9.36 Å². The van der Waals surface area contributed by atoms with Crippen LogP contribution in [0.3, 0.4) is 0 Å². The fraction of sp³-hybridized carbons (Fsp3) is 0.235. The molecule has 0 aliphatic heterocycles. The zero-order valence-corrected chi connectivity index (χ0v) is 13.0. The number of rotatable bonds is 4. The number of nitrogens with zero attached hydrogens (tertiary/aromatic N) is 2. The van der Waals surface area contributed by atoms with E-state index in [1.165, 1.54) is 27.0 Å². The second-order valence-corrected chi connectivity index (χ2v) is 5.48. The largest absolute Gasteiger partial charge is 0.497 e. The number of carbonyl (C=O) groups is 1. The molecule has 2 aromatic rings. The first-order chi connectivity index (χ1) is 10.8. The lowest BCUT2D eigenvalue weighted by Gasteiger charge is -2.26. The molecule has 0 unspecified atom stereocenters. The summed E-state index contributed by atoms with van der Waals surface area (Å²) in [5, 5.41) is 18.5. The number of hydrogen-bond donors (Lipinski definition) is 1. The first kappa shape index (κ1) is 16.3. The summed E-state index contributed by atoms with van der Waals surface area (Å²) in [5.74, 6) is -0.585. The van der Waals surface area contributed by atoms with E-state index in [1.54, 1.807) is 36.4 Å². The van der Waals surface area contributed by atoms with Gasteiger partial charge < -0.3 is 9.84 Å². The fourth-order valence-electron chi connectivity index (χ4n) is 2.28. The molecule has 0 aliphatic rings. The molecular formula is C17H16N2O4. The summed E-state index contributed by atoms with van der Waals surface area (Å²) >= 11 is 0. The van der Waals surface area contributed by atoms with Gasteiger partial charge in [0.05, 0.1) is 12.8 Å². The van der Waals surface area contributed by atoms with Crippen LogP contribution < -0.4 is 10.3 Å². The van der Waals surface area contributed by atoms with E-state index < -0.39 is 17.1 Å². The SMILES string of the molecule is COc1cccc(-c2ccc(C#N)c(=O)n2C(C)(C)C(=O)O)c1. The van der Waals surface area contributed by atoms with Gasteiger partial charge in [-0.25, -0.2) is 4.79 Å². The van der Waals surface area contributed by atoms with Crippen LogP contribution in [-0.2, 0) is 10.3 Å². The number of aliphatic carboxylic acids is 1. The molecule has 1 N–H and O–H groups in total. The van der Waals surface area contributed by atoms with E-state index >= 15 is 0 Å². The third kappa shape index (κ3) is 2.81. The molecule has 0 saturated carbocycles. The molecule has 0 saturated heterocycles. The van der Waals surface area contributed by atoms with E-state index in [4.69, 9.17) is 10.00 Å². The molecule has 0 spiro atoms. The molecule has 2 rings (SSSR count). The molecule has 0 amide bonds. The van der Waals surface area contributed by atoms with Crippen molar-refractivity contribution in [1.29, 1.82) is 5.26 Å². The summed E-state index contributed by atoms with van der Waals surface area (Å²) in [6.45, 7) is 2.84. The summed E-state index contributed by atoms with van der Waals surface area (Å²) in [7, 11) is 1.52. The minimum atomic E-state index is -1.51. The highest BCUT2D eigenvalue weighted by Gasteiger charge is 2.33. The van der Waals surface area contributed by atoms with E-state index in [9.17, 15) is 14.7 Å². The maximum absolute atomic E-state index is 12.5. The summed E-state index contributed by atoms with van der Waals surface area (Å²) in [6, 6.07) is 11.7. The molecule has 23 heavy (non-hydrogen) atoms. The van der Waals surface area contributed by atoms with Crippen LogP contribution in [0.25, 0.3) is 11.3 Å². The number of hydrogen-bond acceptors (Lipinski definition) is 4. The van der Waals surface area contributed by atoms with Crippen LogP contribution in [0.2, 0.25) is 0 Å². The average molecular weight is 312 g/mol. The molecule has 0 bridgehead atoms. The minimum Gasteiger partial charge on any atom is -0.497 e. The Morgan fingerprint density at radius 1 is 1.30 bits per heavy atom. The molecule has 1 aromatic carbocycles. The molecule has 6 heteroatoms. The molecule has 0 radical (unpaired) electrons. The van der Waals surface area contributed by atoms with Crippen molar-refractivity contribution in [3.05, 3.63) is 52.3 Å². The predicted octanol–water partition coefficient (Wildman–Crippen LogP) is 2.22. The smallest absolute Gasteiger partial charge is 0.329 e. The van der Waals surface area contributed by atoms with Gasteiger partial charge in [-0.2, -0.15) is 5.26 Å². The van der Waals surface area contributed by atoms with Crippen molar-refractivity contribution < 1.29 is 14.6 Å². The first-order valence-corrected chi connectivity index (χ1v) is 6.87. The Labute approximate surface area is 133 Å².